The molecule has 26 heavy (non-hydrogen) atoms. The predicted octanol–water partition coefficient (Wildman–Crippen LogP) is 1.51. The molecule has 0 aliphatic heterocycles. The molecule has 0 radical (unpaired) electrons. The number of rotatable bonds is 16. The molecule has 0 saturated heterocycles. The molecular formula is C18H32O8. The lowest BCUT2D eigenvalue weighted by molar-refractivity contribution is -0.156. The van der Waals surface area contributed by atoms with Crippen molar-refractivity contribution in [2.45, 2.75) is 32.8 Å². The fourth-order valence-corrected chi connectivity index (χ4v) is 1.57. The Labute approximate surface area is 155 Å². The standard InChI is InChI=1S/C18H32O8/c1-5-16(19)25-15-14-24-13-12-23-11-10-22-9-8-21-7-6-17(20)26-18(2,3)4/h5H,1,6-15H2,2-4H3. The highest BCUT2D eigenvalue weighted by atomic mass is 16.6. The maximum Gasteiger partial charge on any atom is 0.330 e. The van der Waals surface area contributed by atoms with Crippen molar-refractivity contribution in [3.63, 3.8) is 0 Å². The molecule has 0 aromatic carbocycles. The normalized spacial score (nSPS) is 11.2. The second kappa shape index (κ2) is 15.7. The predicted molar refractivity (Wildman–Crippen MR) is 94.9 cm³/mol. The van der Waals surface area contributed by atoms with Crippen LogP contribution in [-0.4, -0.2) is 77.0 Å². The van der Waals surface area contributed by atoms with Gasteiger partial charge in [0.1, 0.15) is 12.2 Å². The molecule has 8 nitrogen and oxygen atoms in total. The highest BCUT2D eigenvalue weighted by Crippen LogP contribution is 2.07. The summed E-state index contributed by atoms with van der Waals surface area (Å²) in [6.45, 7) is 12.2. The molecule has 0 rings (SSSR count). The number of ether oxygens (including phenoxy) is 6. The largest absolute Gasteiger partial charge is 0.460 e. The van der Waals surface area contributed by atoms with Gasteiger partial charge >= 0.3 is 11.9 Å². The van der Waals surface area contributed by atoms with Crippen molar-refractivity contribution in [1.29, 1.82) is 0 Å². The van der Waals surface area contributed by atoms with Crippen LogP contribution < -0.4 is 0 Å². The van der Waals surface area contributed by atoms with Crippen LogP contribution in [0.1, 0.15) is 27.2 Å². The molecule has 0 saturated carbocycles. The lowest BCUT2D eigenvalue weighted by Crippen LogP contribution is -2.24. The molecule has 0 amide bonds. The van der Waals surface area contributed by atoms with E-state index in [1.165, 1.54) is 0 Å². The fraction of sp³-hybridized carbons (Fsp3) is 0.778. The van der Waals surface area contributed by atoms with E-state index in [1.54, 1.807) is 0 Å². The summed E-state index contributed by atoms with van der Waals surface area (Å²) in [5, 5.41) is 0. The molecule has 0 aromatic rings. The maximum atomic E-state index is 11.4. The molecule has 0 fully saturated rings. The molecule has 0 spiro atoms. The van der Waals surface area contributed by atoms with Crippen LogP contribution >= 0.6 is 0 Å². The topological polar surface area (TPSA) is 89.5 Å². The van der Waals surface area contributed by atoms with Gasteiger partial charge < -0.3 is 28.4 Å². The zero-order valence-corrected chi connectivity index (χ0v) is 16.1. The highest BCUT2D eigenvalue weighted by Gasteiger charge is 2.15. The van der Waals surface area contributed by atoms with Gasteiger partial charge in [0.25, 0.3) is 0 Å². The van der Waals surface area contributed by atoms with Crippen molar-refractivity contribution in [2.75, 3.05) is 59.5 Å². The molecule has 152 valence electrons. The molecule has 0 aliphatic carbocycles. The SMILES string of the molecule is C=CC(=O)OCCOCCOCCOCCOCCC(=O)OC(C)(C)C. The first-order chi connectivity index (χ1) is 12.3. The van der Waals surface area contributed by atoms with Crippen molar-refractivity contribution >= 4 is 11.9 Å². The zero-order valence-electron chi connectivity index (χ0n) is 16.1. The van der Waals surface area contributed by atoms with Gasteiger partial charge in [-0.2, -0.15) is 0 Å². The summed E-state index contributed by atoms with van der Waals surface area (Å²) < 4.78 is 31.1. The summed E-state index contributed by atoms with van der Waals surface area (Å²) in [6, 6.07) is 0. The number of carbonyl (C=O) groups excluding carboxylic acids is 2. The van der Waals surface area contributed by atoms with Crippen LogP contribution in [0.3, 0.4) is 0 Å². The fourth-order valence-electron chi connectivity index (χ4n) is 1.57. The van der Waals surface area contributed by atoms with Crippen LogP contribution in [0.2, 0.25) is 0 Å². The Balaban J connectivity index is 3.19. The summed E-state index contributed by atoms with van der Waals surface area (Å²) in [6.07, 6.45) is 1.34. The van der Waals surface area contributed by atoms with Crippen LogP contribution in [0.15, 0.2) is 12.7 Å². The average Bonchev–Trinajstić information content (AvgIpc) is 2.56. The van der Waals surface area contributed by atoms with Gasteiger partial charge in [-0.15, -0.1) is 0 Å². The molecular weight excluding hydrogens is 344 g/mol. The number of esters is 2. The lowest BCUT2D eigenvalue weighted by atomic mass is 10.2. The first-order valence-corrected chi connectivity index (χ1v) is 8.67. The van der Waals surface area contributed by atoms with Crippen molar-refractivity contribution < 1.29 is 38.0 Å². The third kappa shape index (κ3) is 18.9. The highest BCUT2D eigenvalue weighted by molar-refractivity contribution is 5.81. The third-order valence-corrected chi connectivity index (χ3v) is 2.63. The summed E-state index contributed by atoms with van der Waals surface area (Å²) >= 11 is 0. The first kappa shape index (κ1) is 24.5. The zero-order chi connectivity index (χ0) is 19.7. The van der Waals surface area contributed by atoms with E-state index in [0.29, 0.717) is 52.9 Å². The Morgan fingerprint density at radius 2 is 1.19 bits per heavy atom. The summed E-state index contributed by atoms with van der Waals surface area (Å²) in [4.78, 5) is 22.2. The Hall–Kier alpha value is -1.48. The van der Waals surface area contributed by atoms with Crippen LogP contribution in [0, 0.1) is 0 Å². The van der Waals surface area contributed by atoms with E-state index in [4.69, 9.17) is 28.4 Å². The molecule has 0 heterocycles. The number of hydrogen-bond donors (Lipinski definition) is 0. The lowest BCUT2D eigenvalue weighted by Gasteiger charge is -2.19. The summed E-state index contributed by atoms with van der Waals surface area (Å²) in [5.41, 5.74) is -0.469. The van der Waals surface area contributed by atoms with E-state index < -0.39 is 11.6 Å². The van der Waals surface area contributed by atoms with Gasteiger partial charge in [0.15, 0.2) is 0 Å². The van der Waals surface area contributed by atoms with Crippen LogP contribution in [0.25, 0.3) is 0 Å². The minimum absolute atomic E-state index is 0.196. The van der Waals surface area contributed by atoms with Gasteiger partial charge in [-0.3, -0.25) is 4.79 Å². The quantitative estimate of drug-likeness (QED) is 0.228. The summed E-state index contributed by atoms with van der Waals surface area (Å²) in [5.74, 6) is -0.733. The minimum atomic E-state index is -0.469. The molecule has 0 aliphatic rings. The van der Waals surface area contributed by atoms with Crippen molar-refractivity contribution in [2.24, 2.45) is 0 Å². The Bertz CT molecular complexity index is 389. The second-order valence-electron chi connectivity index (χ2n) is 6.16. The minimum Gasteiger partial charge on any atom is -0.460 e. The van der Waals surface area contributed by atoms with Gasteiger partial charge in [-0.25, -0.2) is 4.79 Å². The van der Waals surface area contributed by atoms with Gasteiger partial charge in [-0.1, -0.05) is 6.58 Å². The van der Waals surface area contributed by atoms with Gasteiger partial charge in [0, 0.05) is 6.08 Å². The average molecular weight is 376 g/mol. The van der Waals surface area contributed by atoms with E-state index in [-0.39, 0.29) is 19.0 Å². The Morgan fingerprint density at radius 3 is 1.62 bits per heavy atom. The van der Waals surface area contributed by atoms with Crippen LogP contribution in [0.4, 0.5) is 0 Å². The Morgan fingerprint density at radius 1 is 0.769 bits per heavy atom. The van der Waals surface area contributed by atoms with Crippen LogP contribution in [-0.2, 0) is 38.0 Å². The van der Waals surface area contributed by atoms with E-state index in [0.717, 1.165) is 6.08 Å². The summed E-state index contributed by atoms with van der Waals surface area (Å²) in [7, 11) is 0. The van der Waals surface area contributed by atoms with Crippen molar-refractivity contribution in [3.05, 3.63) is 12.7 Å². The van der Waals surface area contributed by atoms with E-state index in [1.807, 2.05) is 20.8 Å². The number of carbonyl (C=O) groups is 2. The molecule has 0 aromatic heterocycles. The van der Waals surface area contributed by atoms with E-state index in [2.05, 4.69) is 6.58 Å². The molecule has 8 heteroatoms. The van der Waals surface area contributed by atoms with Crippen molar-refractivity contribution in [3.8, 4) is 0 Å². The maximum absolute atomic E-state index is 11.4. The van der Waals surface area contributed by atoms with Crippen LogP contribution in [0.5, 0.6) is 0 Å². The molecule has 0 bridgehead atoms. The monoisotopic (exact) mass is 376 g/mol. The smallest absolute Gasteiger partial charge is 0.330 e. The third-order valence-electron chi connectivity index (χ3n) is 2.63. The molecule has 0 N–H and O–H groups in total. The number of hydrogen-bond acceptors (Lipinski definition) is 8. The van der Waals surface area contributed by atoms with Gasteiger partial charge in [-0.05, 0) is 20.8 Å². The van der Waals surface area contributed by atoms with Gasteiger partial charge in [0.05, 0.1) is 59.3 Å². The molecule has 0 atom stereocenters. The first-order valence-electron chi connectivity index (χ1n) is 8.67. The van der Waals surface area contributed by atoms with E-state index >= 15 is 0 Å². The van der Waals surface area contributed by atoms with Crippen molar-refractivity contribution in [1.82, 2.24) is 0 Å². The Kier molecular flexibility index (Phi) is 14.9. The van der Waals surface area contributed by atoms with Gasteiger partial charge in [0.2, 0.25) is 0 Å². The van der Waals surface area contributed by atoms with E-state index in [9.17, 15) is 9.59 Å². The second-order valence-corrected chi connectivity index (χ2v) is 6.16. The molecule has 0 unspecified atom stereocenters.